The summed E-state index contributed by atoms with van der Waals surface area (Å²) < 4.78 is 41.6. The van der Waals surface area contributed by atoms with Crippen molar-refractivity contribution in [2.75, 3.05) is 6.26 Å². The highest BCUT2D eigenvalue weighted by Gasteiger charge is 2.22. The zero-order chi connectivity index (χ0) is 15.6. The van der Waals surface area contributed by atoms with Crippen LogP contribution >= 0.6 is 0 Å². The van der Waals surface area contributed by atoms with Gasteiger partial charge in [0.15, 0.2) is 9.84 Å². The average Bonchev–Trinajstić information content (AvgIpc) is 2.37. The fourth-order valence-corrected chi connectivity index (χ4v) is 2.31. The molecule has 6 nitrogen and oxygen atoms in total. The minimum atomic E-state index is -3.44. The molecule has 0 atom stereocenters. The maximum atomic E-state index is 13.5. The van der Waals surface area contributed by atoms with Gasteiger partial charge >= 0.3 is 5.69 Å². The van der Waals surface area contributed by atoms with Crippen molar-refractivity contribution < 1.29 is 22.5 Å². The lowest BCUT2D eigenvalue weighted by atomic mass is 10.3. The third-order valence-corrected chi connectivity index (χ3v) is 3.70. The third-order valence-electron chi connectivity index (χ3n) is 2.59. The van der Waals surface area contributed by atoms with Gasteiger partial charge in [0, 0.05) is 6.26 Å². The van der Waals surface area contributed by atoms with Gasteiger partial charge in [0.2, 0.25) is 11.6 Å². The summed E-state index contributed by atoms with van der Waals surface area (Å²) in [6.45, 7) is 0. The molecule has 0 aliphatic heterocycles. The molecule has 0 bridgehead atoms. The van der Waals surface area contributed by atoms with E-state index in [1.165, 1.54) is 36.4 Å². The molecule has 8 heteroatoms. The van der Waals surface area contributed by atoms with E-state index in [2.05, 4.69) is 0 Å². The molecule has 0 unspecified atom stereocenters. The lowest BCUT2D eigenvalue weighted by Crippen LogP contribution is -1.99. The smallest absolute Gasteiger partial charge is 0.346 e. The van der Waals surface area contributed by atoms with Gasteiger partial charge in [-0.25, -0.2) is 8.42 Å². The first kappa shape index (κ1) is 14.9. The van der Waals surface area contributed by atoms with Crippen molar-refractivity contribution in [3.05, 3.63) is 58.4 Å². The minimum absolute atomic E-state index is 0.000874. The average molecular weight is 311 g/mol. The van der Waals surface area contributed by atoms with E-state index in [9.17, 15) is 22.9 Å². The van der Waals surface area contributed by atoms with Crippen LogP contribution < -0.4 is 4.74 Å². The number of halogens is 1. The molecular formula is C13H10FNO5S. The van der Waals surface area contributed by atoms with Crippen molar-refractivity contribution in [2.45, 2.75) is 4.90 Å². The minimum Gasteiger partial charge on any atom is -0.450 e. The maximum absolute atomic E-state index is 13.5. The first-order valence-electron chi connectivity index (χ1n) is 5.70. The lowest BCUT2D eigenvalue weighted by Gasteiger charge is -2.07. The van der Waals surface area contributed by atoms with Gasteiger partial charge in [-0.1, -0.05) is 12.1 Å². The number of hydrogen-bond acceptors (Lipinski definition) is 5. The molecule has 0 amide bonds. The molecule has 21 heavy (non-hydrogen) atoms. The fraction of sp³-hybridized carbons (Fsp3) is 0.0769. The Morgan fingerprint density at radius 1 is 1.19 bits per heavy atom. The van der Waals surface area contributed by atoms with Crippen molar-refractivity contribution in [3.8, 4) is 11.5 Å². The number of nitro groups is 1. The monoisotopic (exact) mass is 311 g/mol. The topological polar surface area (TPSA) is 86.5 Å². The molecule has 0 saturated carbocycles. The third kappa shape index (κ3) is 3.34. The summed E-state index contributed by atoms with van der Waals surface area (Å²) in [7, 11) is -3.44. The first-order chi connectivity index (χ1) is 9.79. The quantitative estimate of drug-likeness (QED) is 0.640. The molecular weight excluding hydrogens is 301 g/mol. The number of hydrogen-bond donors (Lipinski definition) is 0. The number of ether oxygens (including phenoxy) is 1. The molecule has 2 aromatic carbocycles. The van der Waals surface area contributed by atoms with E-state index in [0.29, 0.717) is 0 Å². The maximum Gasteiger partial charge on any atom is 0.346 e. The van der Waals surface area contributed by atoms with E-state index in [1.54, 1.807) is 0 Å². The molecule has 0 N–H and O–H groups in total. The Hall–Kier alpha value is -2.48. The van der Waals surface area contributed by atoms with Crippen molar-refractivity contribution in [3.63, 3.8) is 0 Å². The second-order valence-corrected chi connectivity index (χ2v) is 6.21. The Morgan fingerprint density at radius 2 is 1.86 bits per heavy atom. The summed E-state index contributed by atoms with van der Waals surface area (Å²) in [5.74, 6) is -1.27. The Morgan fingerprint density at radius 3 is 2.48 bits per heavy atom. The van der Waals surface area contributed by atoms with E-state index in [1.807, 2.05) is 0 Å². The number of rotatable bonds is 4. The molecule has 0 saturated heterocycles. The van der Waals surface area contributed by atoms with E-state index in [-0.39, 0.29) is 16.4 Å². The van der Waals surface area contributed by atoms with Crippen LogP contribution in [0.2, 0.25) is 0 Å². The van der Waals surface area contributed by atoms with Crippen LogP contribution in [0.4, 0.5) is 10.1 Å². The van der Waals surface area contributed by atoms with E-state index < -0.39 is 26.3 Å². The summed E-state index contributed by atoms with van der Waals surface area (Å²) in [6, 6.07) is 8.86. The molecule has 2 aromatic rings. The molecule has 0 fully saturated rings. The van der Waals surface area contributed by atoms with Crippen LogP contribution in [0, 0.1) is 15.9 Å². The molecule has 0 aromatic heterocycles. The summed E-state index contributed by atoms with van der Waals surface area (Å²) >= 11 is 0. The second kappa shape index (κ2) is 5.49. The van der Waals surface area contributed by atoms with Crippen molar-refractivity contribution in [1.29, 1.82) is 0 Å². The van der Waals surface area contributed by atoms with Crippen molar-refractivity contribution in [2.24, 2.45) is 0 Å². The van der Waals surface area contributed by atoms with Crippen LogP contribution in [0.5, 0.6) is 11.5 Å². The lowest BCUT2D eigenvalue weighted by molar-refractivity contribution is -0.388. The van der Waals surface area contributed by atoms with Gasteiger partial charge in [-0.2, -0.15) is 4.39 Å². The van der Waals surface area contributed by atoms with E-state index in [4.69, 9.17) is 4.74 Å². The largest absolute Gasteiger partial charge is 0.450 e. The zero-order valence-electron chi connectivity index (χ0n) is 10.8. The first-order valence-corrected chi connectivity index (χ1v) is 7.59. The van der Waals surface area contributed by atoms with E-state index in [0.717, 1.165) is 12.3 Å². The number of nitrogens with zero attached hydrogens (tertiary/aromatic N) is 1. The molecule has 0 radical (unpaired) electrons. The highest BCUT2D eigenvalue weighted by Crippen LogP contribution is 2.33. The number of benzene rings is 2. The van der Waals surface area contributed by atoms with Crippen LogP contribution in [0.15, 0.2) is 47.4 Å². The molecule has 0 aliphatic carbocycles. The Balaban J connectivity index is 2.44. The number of nitro benzene ring substituents is 1. The van der Waals surface area contributed by atoms with Crippen LogP contribution in [-0.2, 0) is 9.84 Å². The van der Waals surface area contributed by atoms with Gasteiger partial charge in [-0.15, -0.1) is 0 Å². The van der Waals surface area contributed by atoms with Crippen LogP contribution in [-0.4, -0.2) is 19.6 Å². The predicted molar refractivity (Wildman–Crippen MR) is 72.7 cm³/mol. The highest BCUT2D eigenvalue weighted by molar-refractivity contribution is 7.90. The Bertz CT molecular complexity index is 804. The SMILES string of the molecule is CS(=O)(=O)c1cccc(Oc2cccc(F)c2[N+](=O)[O-])c1. The van der Waals surface area contributed by atoms with Gasteiger partial charge < -0.3 is 4.74 Å². The Labute approximate surface area is 119 Å². The summed E-state index contributed by atoms with van der Waals surface area (Å²) in [6.07, 6.45) is 1.02. The number of sulfone groups is 1. The normalized spacial score (nSPS) is 11.1. The van der Waals surface area contributed by atoms with Gasteiger partial charge in [0.05, 0.1) is 9.82 Å². The molecule has 0 aliphatic rings. The van der Waals surface area contributed by atoms with E-state index >= 15 is 0 Å². The molecule has 110 valence electrons. The van der Waals surface area contributed by atoms with Crippen molar-refractivity contribution in [1.82, 2.24) is 0 Å². The molecule has 2 rings (SSSR count). The van der Waals surface area contributed by atoms with Crippen LogP contribution in [0.1, 0.15) is 0 Å². The van der Waals surface area contributed by atoms with Crippen LogP contribution in [0.25, 0.3) is 0 Å². The summed E-state index contributed by atoms with van der Waals surface area (Å²) in [5.41, 5.74) is -0.803. The standard InChI is InChI=1S/C13H10FNO5S/c1-21(18,19)10-5-2-4-9(8-10)20-12-7-3-6-11(14)13(12)15(16)17/h2-8H,1H3. The summed E-state index contributed by atoms with van der Waals surface area (Å²) in [4.78, 5) is 9.95. The number of para-hydroxylation sites is 1. The summed E-state index contributed by atoms with van der Waals surface area (Å²) in [5, 5.41) is 10.8. The van der Waals surface area contributed by atoms with Crippen molar-refractivity contribution >= 4 is 15.5 Å². The highest BCUT2D eigenvalue weighted by atomic mass is 32.2. The van der Waals surface area contributed by atoms with Gasteiger partial charge in [0.25, 0.3) is 0 Å². The van der Waals surface area contributed by atoms with Crippen LogP contribution in [0.3, 0.4) is 0 Å². The van der Waals surface area contributed by atoms with Gasteiger partial charge in [-0.05, 0) is 30.3 Å². The fourth-order valence-electron chi connectivity index (χ4n) is 1.65. The van der Waals surface area contributed by atoms with Gasteiger partial charge in [-0.3, -0.25) is 10.1 Å². The second-order valence-electron chi connectivity index (χ2n) is 4.19. The molecule has 0 heterocycles. The Kier molecular flexibility index (Phi) is 3.90. The van der Waals surface area contributed by atoms with Gasteiger partial charge in [0.1, 0.15) is 5.75 Å². The molecule has 0 spiro atoms. The predicted octanol–water partition coefficient (Wildman–Crippen LogP) is 2.93. The zero-order valence-corrected chi connectivity index (χ0v) is 11.6.